The number of hydrogen-bond acceptors (Lipinski definition) is 5. The fraction of sp³-hybridized carbons (Fsp3) is 0.500. The highest BCUT2D eigenvalue weighted by molar-refractivity contribution is 6.48. The number of furan rings is 1. The smallest absolute Gasteiger partial charge is 0.482 e. The fourth-order valence-electron chi connectivity index (χ4n) is 6.87. The lowest BCUT2D eigenvalue weighted by atomic mass is 9.43. The van der Waals surface area contributed by atoms with E-state index in [9.17, 15) is 4.79 Å². The third-order valence-corrected chi connectivity index (χ3v) is 9.26. The van der Waals surface area contributed by atoms with E-state index < -0.39 is 7.12 Å². The molecule has 3 aliphatic carbocycles. The molecule has 7 heteroatoms. The molecule has 1 aromatic heterocycles. The zero-order valence-corrected chi connectivity index (χ0v) is 22.2. The van der Waals surface area contributed by atoms with Gasteiger partial charge >= 0.3 is 7.12 Å². The van der Waals surface area contributed by atoms with Gasteiger partial charge < -0.3 is 23.8 Å². The van der Waals surface area contributed by atoms with Crippen molar-refractivity contribution in [3.63, 3.8) is 0 Å². The molecule has 3 aromatic rings. The second-order valence-corrected chi connectivity index (χ2v) is 11.9. The van der Waals surface area contributed by atoms with Crippen LogP contribution in [0.5, 0.6) is 5.75 Å². The van der Waals surface area contributed by atoms with Gasteiger partial charge in [-0.3, -0.25) is 4.79 Å². The molecule has 0 spiro atoms. The van der Waals surface area contributed by atoms with Gasteiger partial charge in [0, 0.05) is 17.2 Å². The predicted octanol–water partition coefficient (Wildman–Crippen LogP) is 5.51. The first-order valence-corrected chi connectivity index (χ1v) is 13.5. The van der Waals surface area contributed by atoms with Gasteiger partial charge in [0.25, 0.3) is 0 Å². The number of nitrogens with one attached hydrogen (secondary N) is 1. The van der Waals surface area contributed by atoms with Gasteiger partial charge in [-0.25, -0.2) is 0 Å². The molecular formula is C30H36BNO5. The van der Waals surface area contributed by atoms with Crippen LogP contribution >= 0.6 is 0 Å². The number of amides is 1. The molecule has 4 fully saturated rings. The molecule has 4 aliphatic rings. The maximum atomic E-state index is 13.1. The Labute approximate surface area is 219 Å². The quantitative estimate of drug-likeness (QED) is 0.413. The van der Waals surface area contributed by atoms with Crippen molar-refractivity contribution in [3.8, 4) is 5.75 Å². The van der Waals surface area contributed by atoms with Crippen LogP contribution in [0, 0.1) is 24.2 Å². The molecule has 1 unspecified atom stereocenters. The van der Waals surface area contributed by atoms with Crippen LogP contribution in [0.3, 0.4) is 0 Å². The van der Waals surface area contributed by atoms with Crippen molar-refractivity contribution in [1.29, 1.82) is 0 Å². The van der Waals surface area contributed by atoms with E-state index >= 15 is 0 Å². The molecule has 37 heavy (non-hydrogen) atoms. The van der Waals surface area contributed by atoms with E-state index in [4.69, 9.17) is 18.5 Å². The third-order valence-electron chi connectivity index (χ3n) is 9.26. The number of carbonyl (C=O) groups is 1. The van der Waals surface area contributed by atoms with Crippen LogP contribution < -0.4 is 10.1 Å². The molecule has 1 saturated heterocycles. The minimum Gasteiger partial charge on any atom is -0.493 e. The van der Waals surface area contributed by atoms with E-state index in [0.29, 0.717) is 24.9 Å². The topological polar surface area (TPSA) is 69.9 Å². The monoisotopic (exact) mass is 501 g/mol. The summed E-state index contributed by atoms with van der Waals surface area (Å²) in [6.45, 7) is 9.25. The minimum absolute atomic E-state index is 0.0480. The van der Waals surface area contributed by atoms with Crippen molar-refractivity contribution in [2.24, 2.45) is 17.3 Å². The first kappa shape index (κ1) is 24.6. The number of carbonyl (C=O) groups excluding carboxylic acids is 1. The van der Waals surface area contributed by atoms with Gasteiger partial charge in [0.2, 0.25) is 5.91 Å². The molecule has 1 aliphatic heterocycles. The number of aryl methyl sites for hydroxylation is 1. The summed E-state index contributed by atoms with van der Waals surface area (Å²) in [6.07, 6.45) is 4.75. The summed E-state index contributed by atoms with van der Waals surface area (Å²) < 4.78 is 25.0. The van der Waals surface area contributed by atoms with Crippen molar-refractivity contribution in [2.45, 2.75) is 71.0 Å². The lowest BCUT2D eigenvalue weighted by Gasteiger charge is -2.64. The Morgan fingerprint density at radius 1 is 1.14 bits per heavy atom. The van der Waals surface area contributed by atoms with Gasteiger partial charge in [0.1, 0.15) is 11.5 Å². The Kier molecular flexibility index (Phi) is 6.11. The summed E-state index contributed by atoms with van der Waals surface area (Å²) in [4.78, 5) is 13.1. The van der Waals surface area contributed by atoms with Crippen LogP contribution in [0.4, 0.5) is 0 Å². The maximum Gasteiger partial charge on any atom is 0.482 e. The molecule has 3 saturated carbocycles. The second-order valence-electron chi connectivity index (χ2n) is 11.9. The Balaban J connectivity index is 1.17. The summed E-state index contributed by atoms with van der Waals surface area (Å²) in [5.74, 6) is 2.25. The van der Waals surface area contributed by atoms with E-state index in [1.165, 1.54) is 12.0 Å². The average Bonchev–Trinajstić information content (AvgIpc) is 3.45. The van der Waals surface area contributed by atoms with Gasteiger partial charge in [-0.15, -0.1) is 0 Å². The number of ether oxygens (including phenoxy) is 1. The zero-order valence-electron chi connectivity index (χ0n) is 22.2. The van der Waals surface area contributed by atoms with E-state index in [2.05, 4.69) is 32.2 Å². The number of hydrogen-bond donors (Lipinski definition) is 1. The second kappa shape index (κ2) is 9.21. The Morgan fingerprint density at radius 2 is 1.92 bits per heavy atom. The molecule has 6 nitrogen and oxygen atoms in total. The first-order valence-electron chi connectivity index (χ1n) is 13.5. The number of benzene rings is 2. The molecule has 2 bridgehead atoms. The van der Waals surface area contributed by atoms with Crippen LogP contribution in [0.2, 0.25) is 0 Å². The van der Waals surface area contributed by atoms with Gasteiger partial charge in [-0.05, 0) is 56.1 Å². The highest BCUT2D eigenvalue weighted by Gasteiger charge is 2.68. The largest absolute Gasteiger partial charge is 0.493 e. The summed E-state index contributed by atoms with van der Waals surface area (Å²) in [6, 6.07) is 15.9. The van der Waals surface area contributed by atoms with Crippen LogP contribution in [-0.4, -0.2) is 37.3 Å². The number of fused-ring (bicyclic) bond motifs is 1. The van der Waals surface area contributed by atoms with Crippen molar-refractivity contribution in [3.05, 3.63) is 66.1 Å². The van der Waals surface area contributed by atoms with Crippen molar-refractivity contribution < 1.29 is 23.3 Å². The van der Waals surface area contributed by atoms with E-state index in [1.54, 1.807) is 6.26 Å². The predicted molar refractivity (Wildman–Crippen MR) is 143 cm³/mol. The fourth-order valence-corrected chi connectivity index (χ4v) is 6.87. The molecule has 5 atom stereocenters. The summed E-state index contributed by atoms with van der Waals surface area (Å²) >= 11 is 0. The maximum absolute atomic E-state index is 13.1. The molecule has 7 rings (SSSR count). The standard InChI is InChI=1S/C30H36BNO5/c1-19-9-11-22(12-10-19)34-14-13-28(33)32-27(17-24-23-8-6-5-7-20(23)18-35-24)31-36-26-16-21-15-25(29(21,2)3)30(26,4)37-31/h5-12,18,21,25-27H,13-17H2,1-4H3,(H,32,33)/t21-,25-,26+,27?,30-/m0/s1. The summed E-state index contributed by atoms with van der Waals surface area (Å²) in [7, 11) is -0.532. The van der Waals surface area contributed by atoms with Crippen LogP contribution in [0.1, 0.15) is 51.4 Å². The third kappa shape index (κ3) is 4.36. The number of rotatable bonds is 8. The highest BCUT2D eigenvalue weighted by Crippen LogP contribution is 2.65. The molecule has 0 radical (unpaired) electrons. The molecule has 2 aromatic carbocycles. The van der Waals surface area contributed by atoms with E-state index in [-0.39, 0.29) is 35.4 Å². The van der Waals surface area contributed by atoms with E-state index in [0.717, 1.165) is 28.7 Å². The summed E-state index contributed by atoms with van der Waals surface area (Å²) in [5, 5.41) is 5.30. The molecule has 2 heterocycles. The minimum atomic E-state index is -0.532. The lowest BCUT2D eigenvalue weighted by Crippen LogP contribution is -2.65. The van der Waals surface area contributed by atoms with Crippen LogP contribution in [0.25, 0.3) is 10.8 Å². The SMILES string of the molecule is Cc1ccc(OCCC(=O)NC(Cc2occ3ccccc23)B2O[C@@H]3C[C@@H]4C[C@@H](C4(C)C)[C@]3(C)O2)cc1. The first-order chi connectivity index (χ1) is 17.7. The van der Waals surface area contributed by atoms with Crippen LogP contribution in [0.15, 0.2) is 59.2 Å². The normalized spacial score (nSPS) is 28.4. The van der Waals surface area contributed by atoms with E-state index in [1.807, 2.05) is 49.4 Å². The van der Waals surface area contributed by atoms with Crippen molar-refractivity contribution in [2.75, 3.05) is 6.61 Å². The molecule has 1 amide bonds. The Bertz CT molecular complexity index is 1290. The van der Waals surface area contributed by atoms with Gasteiger partial charge in [0.15, 0.2) is 0 Å². The highest BCUT2D eigenvalue weighted by atomic mass is 16.7. The van der Waals surface area contributed by atoms with Crippen molar-refractivity contribution in [1.82, 2.24) is 5.32 Å². The van der Waals surface area contributed by atoms with Gasteiger partial charge in [0.05, 0.1) is 36.9 Å². The van der Waals surface area contributed by atoms with Gasteiger partial charge in [-0.1, -0.05) is 55.8 Å². The average molecular weight is 501 g/mol. The molecule has 1 N–H and O–H groups in total. The lowest BCUT2D eigenvalue weighted by molar-refractivity contribution is -0.199. The zero-order chi connectivity index (χ0) is 25.8. The van der Waals surface area contributed by atoms with Crippen molar-refractivity contribution >= 4 is 23.8 Å². The van der Waals surface area contributed by atoms with Crippen LogP contribution in [-0.2, 0) is 20.5 Å². The van der Waals surface area contributed by atoms with Gasteiger partial charge in [-0.2, -0.15) is 0 Å². The summed E-state index contributed by atoms with van der Waals surface area (Å²) in [5.41, 5.74) is 1.09. The Morgan fingerprint density at radius 3 is 2.70 bits per heavy atom. The Hall–Kier alpha value is -2.77. The molecular weight excluding hydrogens is 465 g/mol. The molecule has 194 valence electrons.